The van der Waals surface area contributed by atoms with E-state index >= 15 is 0 Å². The molecule has 276 valence electrons. The van der Waals surface area contributed by atoms with Crippen molar-refractivity contribution in [3.8, 4) is 0 Å². The third-order valence-corrected chi connectivity index (χ3v) is 11.2. The largest absolute Gasteiger partial charge is 0.320 e. The molecule has 0 saturated heterocycles. The van der Waals surface area contributed by atoms with Gasteiger partial charge < -0.3 is 15.5 Å². The highest BCUT2D eigenvalue weighted by molar-refractivity contribution is 7.98. The molecule has 0 bridgehead atoms. The summed E-state index contributed by atoms with van der Waals surface area (Å²) in [5, 5.41) is 0. The van der Waals surface area contributed by atoms with Gasteiger partial charge in [0.05, 0.1) is 6.04 Å². The minimum atomic E-state index is -0.551. The predicted molar refractivity (Wildman–Crippen MR) is 229 cm³/mol. The monoisotopic (exact) mass is 751 g/mol. The Labute approximate surface area is 329 Å². The number of nitrogens with two attached hydrogens (primary N) is 1. The minimum Gasteiger partial charge on any atom is -0.320 e. The maximum absolute atomic E-state index is 12.8. The van der Waals surface area contributed by atoms with Gasteiger partial charge in [0.1, 0.15) is 0 Å². The summed E-state index contributed by atoms with van der Waals surface area (Å²) >= 11 is 3.59. The number of hydrogen-bond donors (Lipinski definition) is 1. The van der Waals surface area contributed by atoms with E-state index in [1.165, 1.54) is 26.5 Å². The lowest BCUT2D eigenvalue weighted by molar-refractivity contribution is -0.121. The lowest BCUT2D eigenvalue weighted by Crippen LogP contribution is -2.43. The van der Waals surface area contributed by atoms with Gasteiger partial charge in [-0.05, 0) is 83.6 Å². The molecule has 0 aromatic heterocycles. The molecule has 6 rings (SSSR count). The van der Waals surface area contributed by atoms with Gasteiger partial charge in [-0.25, -0.2) is 0 Å². The summed E-state index contributed by atoms with van der Waals surface area (Å²) in [7, 11) is 3.63. The second kappa shape index (κ2) is 21.0. The molecule has 0 aliphatic rings. The molecule has 0 aliphatic carbocycles. The molecule has 2 N–H and O–H groups in total. The van der Waals surface area contributed by atoms with E-state index in [-0.39, 0.29) is 17.7 Å². The summed E-state index contributed by atoms with van der Waals surface area (Å²) in [5.41, 5.74) is 12.8. The van der Waals surface area contributed by atoms with Crippen molar-refractivity contribution in [3.05, 3.63) is 192 Å². The Kier molecular flexibility index (Phi) is 15.6. The zero-order valence-electron chi connectivity index (χ0n) is 31.3. The van der Waals surface area contributed by atoms with Crippen LogP contribution in [0.25, 0.3) is 0 Å². The van der Waals surface area contributed by atoms with Crippen molar-refractivity contribution < 1.29 is 9.59 Å². The summed E-state index contributed by atoms with van der Waals surface area (Å²) in [6.45, 7) is 2.00. The number of benzene rings is 6. The van der Waals surface area contributed by atoms with E-state index in [1.54, 1.807) is 40.4 Å². The van der Waals surface area contributed by atoms with E-state index in [9.17, 15) is 9.59 Å². The molecular formula is C47H49N3O2S2. The lowest BCUT2D eigenvalue weighted by Gasteiger charge is -2.22. The minimum absolute atomic E-state index is 0.0514. The first-order valence-electron chi connectivity index (χ1n) is 18.2. The second-order valence-corrected chi connectivity index (χ2v) is 15.3. The summed E-state index contributed by atoms with van der Waals surface area (Å²) in [5.74, 6) is 1.89. The van der Waals surface area contributed by atoms with Crippen molar-refractivity contribution in [3.63, 3.8) is 0 Å². The Morgan fingerprint density at radius 1 is 0.481 bits per heavy atom. The molecule has 2 amide bonds. The number of carbonyl (C=O) groups excluding carboxylic acids is 2. The second-order valence-electron chi connectivity index (χ2n) is 13.2. The first kappa shape index (κ1) is 40.1. The van der Waals surface area contributed by atoms with Crippen LogP contribution >= 0.6 is 23.5 Å². The molecule has 54 heavy (non-hydrogen) atoms. The summed E-state index contributed by atoms with van der Waals surface area (Å²) < 4.78 is 0. The van der Waals surface area contributed by atoms with Crippen molar-refractivity contribution in [2.75, 3.05) is 23.9 Å². The Bertz CT molecular complexity index is 1850. The summed E-state index contributed by atoms with van der Waals surface area (Å²) in [6, 6.07) is 56.6. The average Bonchev–Trinajstić information content (AvgIpc) is 3.23. The van der Waals surface area contributed by atoms with Gasteiger partial charge in [0.2, 0.25) is 11.8 Å². The normalized spacial score (nSPS) is 11.8. The predicted octanol–water partition coefficient (Wildman–Crippen LogP) is 10.3. The van der Waals surface area contributed by atoms with Crippen molar-refractivity contribution >= 4 is 46.7 Å². The third-order valence-electron chi connectivity index (χ3n) is 9.03. The highest BCUT2D eigenvalue weighted by atomic mass is 32.2. The summed E-state index contributed by atoms with van der Waals surface area (Å²) in [6.07, 6.45) is 1.30. The van der Waals surface area contributed by atoms with E-state index in [4.69, 9.17) is 5.73 Å². The molecule has 0 heterocycles. The quantitative estimate of drug-likeness (QED) is 0.112. The van der Waals surface area contributed by atoms with Gasteiger partial charge in [0, 0.05) is 52.7 Å². The van der Waals surface area contributed by atoms with Crippen molar-refractivity contribution in [1.29, 1.82) is 0 Å². The van der Waals surface area contributed by atoms with Crippen molar-refractivity contribution in [2.24, 2.45) is 11.7 Å². The standard InChI is InChI=1S/C24H25NOS.C23H24N2OS/c1-19(17-20-9-5-3-6-10-20)24(26)25(2)22-13-15-23(16-14-22)27-18-21-11-7-4-8-12-21;1-25(23(26)22(24)16-18-8-4-2-5-9-18)20-12-14-21(15-13-20)27-17-19-10-6-3-7-11-19/h3-16,19H,17-18H2,1-2H3;2-15,22H,16-17,24H2,1H3/t19-;22-/m00/s1. The molecule has 0 saturated carbocycles. The fourth-order valence-corrected chi connectivity index (χ4v) is 7.57. The fraction of sp³-hybridized carbons (Fsp3) is 0.191. The van der Waals surface area contributed by atoms with E-state index < -0.39 is 6.04 Å². The average molecular weight is 752 g/mol. The van der Waals surface area contributed by atoms with Crippen LogP contribution in [0.15, 0.2) is 180 Å². The molecule has 6 aromatic rings. The molecule has 0 aliphatic heterocycles. The van der Waals surface area contributed by atoms with Gasteiger partial charge in [-0.3, -0.25) is 9.59 Å². The van der Waals surface area contributed by atoms with Crippen LogP contribution in [0.1, 0.15) is 29.2 Å². The van der Waals surface area contributed by atoms with Crippen LogP contribution in [0.2, 0.25) is 0 Å². The Morgan fingerprint density at radius 3 is 1.20 bits per heavy atom. The van der Waals surface area contributed by atoms with Gasteiger partial charge >= 0.3 is 0 Å². The Hall–Kier alpha value is -5.08. The van der Waals surface area contributed by atoms with Crippen LogP contribution in [-0.2, 0) is 33.9 Å². The highest BCUT2D eigenvalue weighted by Gasteiger charge is 2.20. The first-order valence-corrected chi connectivity index (χ1v) is 20.2. The van der Waals surface area contributed by atoms with E-state index in [0.717, 1.165) is 34.9 Å². The number of nitrogens with zero attached hydrogens (tertiary/aromatic N) is 2. The number of likely N-dealkylation sites (N-methyl/N-ethyl adjacent to an activating group) is 1. The molecule has 0 fully saturated rings. The van der Waals surface area contributed by atoms with Gasteiger partial charge in [0.15, 0.2) is 0 Å². The SMILES string of the molecule is CN(C(=O)[C@@H](N)Cc1ccccc1)c1ccc(SCc2ccccc2)cc1.C[C@@H](Cc1ccccc1)C(=O)N(C)c1ccc(SCc2ccccc2)cc1. The van der Waals surface area contributed by atoms with Crippen LogP contribution in [0.3, 0.4) is 0 Å². The molecule has 0 spiro atoms. The van der Waals surface area contributed by atoms with Gasteiger partial charge in [-0.2, -0.15) is 0 Å². The van der Waals surface area contributed by atoms with Crippen LogP contribution < -0.4 is 15.5 Å². The fourth-order valence-electron chi connectivity index (χ4n) is 5.86. The van der Waals surface area contributed by atoms with Crippen molar-refractivity contribution in [2.45, 2.75) is 47.1 Å². The van der Waals surface area contributed by atoms with E-state index in [0.29, 0.717) is 6.42 Å². The zero-order valence-corrected chi connectivity index (χ0v) is 32.9. The number of carbonyl (C=O) groups is 2. The topological polar surface area (TPSA) is 66.6 Å². The molecule has 2 atom stereocenters. The van der Waals surface area contributed by atoms with E-state index in [2.05, 4.69) is 84.9 Å². The molecule has 0 radical (unpaired) electrons. The van der Waals surface area contributed by atoms with Crippen LogP contribution in [-0.4, -0.2) is 32.0 Å². The molecular weight excluding hydrogens is 703 g/mol. The highest BCUT2D eigenvalue weighted by Crippen LogP contribution is 2.27. The van der Waals surface area contributed by atoms with Crippen LogP contribution in [0, 0.1) is 5.92 Å². The first-order chi connectivity index (χ1) is 26.3. The maximum Gasteiger partial charge on any atom is 0.243 e. The van der Waals surface area contributed by atoms with E-state index in [1.807, 2.05) is 98.9 Å². The molecule has 0 unspecified atom stereocenters. The van der Waals surface area contributed by atoms with Gasteiger partial charge in [-0.1, -0.05) is 128 Å². The molecule has 6 aromatic carbocycles. The zero-order chi connectivity index (χ0) is 38.1. The molecule has 5 nitrogen and oxygen atoms in total. The maximum atomic E-state index is 12.8. The Morgan fingerprint density at radius 2 is 0.815 bits per heavy atom. The van der Waals surface area contributed by atoms with Gasteiger partial charge in [0.25, 0.3) is 0 Å². The lowest BCUT2D eigenvalue weighted by atomic mass is 10.00. The molecule has 7 heteroatoms. The van der Waals surface area contributed by atoms with Gasteiger partial charge in [-0.15, -0.1) is 23.5 Å². The summed E-state index contributed by atoms with van der Waals surface area (Å²) in [4.78, 5) is 31.2. The number of anilines is 2. The van der Waals surface area contributed by atoms with Crippen LogP contribution in [0.4, 0.5) is 11.4 Å². The van der Waals surface area contributed by atoms with Crippen molar-refractivity contribution in [1.82, 2.24) is 0 Å². The number of rotatable bonds is 14. The third kappa shape index (κ3) is 12.5. The number of thioether (sulfide) groups is 2. The number of amides is 2. The van der Waals surface area contributed by atoms with Crippen LogP contribution in [0.5, 0.6) is 0 Å². The smallest absolute Gasteiger partial charge is 0.243 e. The number of hydrogen-bond acceptors (Lipinski definition) is 5. The Balaban J connectivity index is 0.000000208.